The molecule has 1 N–H and O–H groups in total. The maximum Gasteiger partial charge on any atom is 0.227 e. The number of carbonyl (C=O) groups excluding carboxylic acids is 1. The summed E-state index contributed by atoms with van der Waals surface area (Å²) in [5.74, 6) is -0.0385. The van der Waals surface area contributed by atoms with Gasteiger partial charge in [-0.15, -0.1) is 0 Å². The molecule has 0 radical (unpaired) electrons. The number of aliphatic hydroxyl groups excluding tert-OH is 1. The van der Waals surface area contributed by atoms with Gasteiger partial charge in [-0.25, -0.2) is 0 Å². The number of ether oxygens (including phenoxy) is 1. The monoisotopic (exact) mass is 317 g/mol. The lowest BCUT2D eigenvalue weighted by molar-refractivity contribution is -0.145. The van der Waals surface area contributed by atoms with Crippen molar-refractivity contribution in [3.05, 3.63) is 33.8 Å². The maximum absolute atomic E-state index is 12.4. The fraction of sp³-hybridized carbons (Fsp3) is 0.500. The van der Waals surface area contributed by atoms with Crippen molar-refractivity contribution in [3.8, 4) is 0 Å². The first kappa shape index (κ1) is 15.6. The topological polar surface area (TPSA) is 49.8 Å². The first-order valence-electron chi connectivity index (χ1n) is 6.47. The molecule has 0 unspecified atom stereocenters. The summed E-state index contributed by atoms with van der Waals surface area (Å²) < 4.78 is 5.42. The number of amides is 1. The van der Waals surface area contributed by atoms with Crippen LogP contribution in [0.5, 0.6) is 0 Å². The predicted octanol–water partition coefficient (Wildman–Crippen LogP) is 2.14. The number of carbonyl (C=O) groups is 1. The molecule has 2 rings (SSSR count). The van der Waals surface area contributed by atoms with Gasteiger partial charge in [0.15, 0.2) is 0 Å². The molecule has 4 nitrogen and oxygen atoms in total. The standard InChI is InChI=1S/C14H17Cl2NO3/c1-9-8-20-11(7-18)6-17(9)13(19)5-10-3-2-4-12(15)14(10)16/h2-4,9,11,18H,5-8H2,1H3/t9-,11+/m1/s1. The van der Waals surface area contributed by atoms with E-state index in [0.29, 0.717) is 28.8 Å². The highest BCUT2D eigenvalue weighted by atomic mass is 35.5. The van der Waals surface area contributed by atoms with Crippen LogP contribution in [0.2, 0.25) is 10.0 Å². The van der Waals surface area contributed by atoms with Crippen molar-refractivity contribution in [2.75, 3.05) is 19.8 Å². The number of hydrogen-bond donors (Lipinski definition) is 1. The Labute approximate surface area is 128 Å². The number of rotatable bonds is 3. The molecule has 0 saturated carbocycles. The molecule has 0 bridgehead atoms. The van der Waals surface area contributed by atoms with Crippen LogP contribution in [-0.4, -0.2) is 47.8 Å². The number of hydrogen-bond acceptors (Lipinski definition) is 3. The van der Waals surface area contributed by atoms with Gasteiger partial charge in [0.2, 0.25) is 5.91 Å². The number of nitrogens with zero attached hydrogens (tertiary/aromatic N) is 1. The molecule has 0 spiro atoms. The maximum atomic E-state index is 12.4. The van der Waals surface area contributed by atoms with Crippen LogP contribution in [0.1, 0.15) is 12.5 Å². The number of halogens is 2. The Kier molecular flexibility index (Phi) is 5.27. The van der Waals surface area contributed by atoms with Gasteiger partial charge in [-0.2, -0.15) is 0 Å². The highest BCUT2D eigenvalue weighted by Gasteiger charge is 2.29. The van der Waals surface area contributed by atoms with E-state index in [1.807, 2.05) is 6.92 Å². The smallest absolute Gasteiger partial charge is 0.227 e. The summed E-state index contributed by atoms with van der Waals surface area (Å²) in [5, 5.41) is 10.0. The van der Waals surface area contributed by atoms with Crippen molar-refractivity contribution in [1.29, 1.82) is 0 Å². The third kappa shape index (κ3) is 3.44. The van der Waals surface area contributed by atoms with E-state index in [-0.39, 0.29) is 31.1 Å². The van der Waals surface area contributed by atoms with E-state index in [1.165, 1.54) is 0 Å². The third-order valence-electron chi connectivity index (χ3n) is 3.40. The zero-order chi connectivity index (χ0) is 14.7. The van der Waals surface area contributed by atoms with Crippen LogP contribution in [0.15, 0.2) is 18.2 Å². The van der Waals surface area contributed by atoms with E-state index in [0.717, 1.165) is 0 Å². The van der Waals surface area contributed by atoms with Gasteiger partial charge in [0.1, 0.15) is 0 Å². The Balaban J connectivity index is 2.09. The molecule has 1 fully saturated rings. The Bertz CT molecular complexity index is 495. The second-order valence-electron chi connectivity index (χ2n) is 4.92. The average Bonchev–Trinajstić information content (AvgIpc) is 2.44. The van der Waals surface area contributed by atoms with Gasteiger partial charge in [-0.1, -0.05) is 35.3 Å². The Morgan fingerprint density at radius 3 is 2.95 bits per heavy atom. The molecule has 20 heavy (non-hydrogen) atoms. The minimum atomic E-state index is -0.315. The largest absolute Gasteiger partial charge is 0.394 e. The Hall–Kier alpha value is -0.810. The summed E-state index contributed by atoms with van der Waals surface area (Å²) in [6.07, 6.45) is -0.119. The van der Waals surface area contributed by atoms with Gasteiger partial charge >= 0.3 is 0 Å². The lowest BCUT2D eigenvalue weighted by Crippen LogP contribution is -2.52. The second-order valence-corrected chi connectivity index (χ2v) is 5.71. The van der Waals surface area contributed by atoms with Gasteiger partial charge in [0.25, 0.3) is 0 Å². The Morgan fingerprint density at radius 1 is 1.50 bits per heavy atom. The van der Waals surface area contributed by atoms with Crippen molar-refractivity contribution >= 4 is 29.1 Å². The normalized spacial score (nSPS) is 22.9. The van der Waals surface area contributed by atoms with Crippen LogP contribution < -0.4 is 0 Å². The molecule has 110 valence electrons. The molecule has 1 saturated heterocycles. The number of benzene rings is 1. The van der Waals surface area contributed by atoms with Crippen LogP contribution in [0.3, 0.4) is 0 Å². The molecule has 1 aromatic carbocycles. The zero-order valence-corrected chi connectivity index (χ0v) is 12.7. The zero-order valence-electron chi connectivity index (χ0n) is 11.2. The molecule has 1 heterocycles. The molecule has 1 amide bonds. The van der Waals surface area contributed by atoms with Crippen molar-refractivity contribution in [2.45, 2.75) is 25.5 Å². The van der Waals surface area contributed by atoms with E-state index in [9.17, 15) is 4.79 Å². The SMILES string of the molecule is C[C@@H]1CO[C@H](CO)CN1C(=O)Cc1cccc(Cl)c1Cl. The molecule has 1 aliphatic heterocycles. The van der Waals surface area contributed by atoms with Crippen LogP contribution >= 0.6 is 23.2 Å². The van der Waals surface area contributed by atoms with Gasteiger partial charge in [0, 0.05) is 6.54 Å². The molecule has 1 aliphatic rings. The van der Waals surface area contributed by atoms with Crippen LogP contribution in [0.4, 0.5) is 0 Å². The number of aliphatic hydroxyl groups is 1. The first-order chi connectivity index (χ1) is 9.52. The van der Waals surface area contributed by atoms with Crippen molar-refractivity contribution in [1.82, 2.24) is 4.90 Å². The van der Waals surface area contributed by atoms with Gasteiger partial charge in [0.05, 0.1) is 41.8 Å². The average molecular weight is 318 g/mol. The van der Waals surface area contributed by atoms with Crippen molar-refractivity contribution in [2.24, 2.45) is 0 Å². The fourth-order valence-electron chi connectivity index (χ4n) is 2.22. The van der Waals surface area contributed by atoms with E-state index in [4.69, 9.17) is 33.0 Å². The molecule has 6 heteroatoms. The fourth-order valence-corrected chi connectivity index (χ4v) is 2.61. The number of morpholine rings is 1. The highest BCUT2D eigenvalue weighted by molar-refractivity contribution is 6.42. The van der Waals surface area contributed by atoms with E-state index in [1.54, 1.807) is 23.1 Å². The Morgan fingerprint density at radius 2 is 2.25 bits per heavy atom. The van der Waals surface area contributed by atoms with Gasteiger partial charge in [-0.05, 0) is 18.6 Å². The summed E-state index contributed by atoms with van der Waals surface area (Å²) in [5.41, 5.74) is 0.711. The quantitative estimate of drug-likeness (QED) is 0.929. The summed E-state index contributed by atoms with van der Waals surface area (Å²) in [6.45, 7) is 2.66. The lowest BCUT2D eigenvalue weighted by Gasteiger charge is -2.37. The minimum Gasteiger partial charge on any atom is -0.394 e. The predicted molar refractivity (Wildman–Crippen MR) is 78.2 cm³/mol. The molecular formula is C14H17Cl2NO3. The first-order valence-corrected chi connectivity index (χ1v) is 7.23. The molecule has 0 aliphatic carbocycles. The van der Waals surface area contributed by atoms with Crippen molar-refractivity contribution in [3.63, 3.8) is 0 Å². The van der Waals surface area contributed by atoms with E-state index < -0.39 is 0 Å². The highest BCUT2D eigenvalue weighted by Crippen LogP contribution is 2.26. The summed E-state index contributed by atoms with van der Waals surface area (Å²) >= 11 is 12.0. The van der Waals surface area contributed by atoms with Crippen LogP contribution in [-0.2, 0) is 16.0 Å². The van der Waals surface area contributed by atoms with Crippen LogP contribution in [0, 0.1) is 0 Å². The minimum absolute atomic E-state index is 0.0109. The second kappa shape index (κ2) is 6.76. The van der Waals surface area contributed by atoms with E-state index in [2.05, 4.69) is 0 Å². The van der Waals surface area contributed by atoms with Gasteiger partial charge in [-0.3, -0.25) is 4.79 Å². The van der Waals surface area contributed by atoms with Gasteiger partial charge < -0.3 is 14.7 Å². The molecule has 0 aromatic heterocycles. The molecule has 2 atom stereocenters. The summed E-state index contributed by atoms with van der Waals surface area (Å²) in [6, 6.07) is 5.25. The molecule has 1 aromatic rings. The summed E-state index contributed by atoms with van der Waals surface area (Å²) in [7, 11) is 0. The summed E-state index contributed by atoms with van der Waals surface area (Å²) in [4.78, 5) is 14.1. The van der Waals surface area contributed by atoms with Crippen LogP contribution in [0.25, 0.3) is 0 Å². The molecular weight excluding hydrogens is 301 g/mol. The van der Waals surface area contributed by atoms with Crippen molar-refractivity contribution < 1.29 is 14.6 Å². The van der Waals surface area contributed by atoms with E-state index >= 15 is 0 Å². The third-order valence-corrected chi connectivity index (χ3v) is 4.26. The lowest BCUT2D eigenvalue weighted by atomic mass is 10.1.